The van der Waals surface area contributed by atoms with Gasteiger partial charge in [-0.3, -0.25) is 15.0 Å². The topological polar surface area (TPSA) is 70.7 Å². The molecule has 0 heterocycles. The number of para-hydroxylation sites is 1. The summed E-state index contributed by atoms with van der Waals surface area (Å²) in [5, 5.41) is 4.86. The van der Waals surface area contributed by atoms with E-state index in [9.17, 15) is 14.0 Å². The number of nitrogens with zero attached hydrogens (tertiary/aromatic N) is 1. The van der Waals surface area contributed by atoms with Gasteiger partial charge in [-0.15, -0.1) is 0 Å². The Bertz CT molecular complexity index is 753. The van der Waals surface area contributed by atoms with Crippen molar-refractivity contribution in [3.05, 3.63) is 59.9 Å². The number of anilines is 1. The number of benzene rings is 2. The summed E-state index contributed by atoms with van der Waals surface area (Å²) < 4.78 is 18.7. The van der Waals surface area contributed by atoms with Crippen LogP contribution in [0.2, 0.25) is 0 Å². The summed E-state index contributed by atoms with van der Waals surface area (Å²) in [5.74, 6) is -0.714. The number of rotatable bonds is 7. The van der Waals surface area contributed by atoms with Crippen LogP contribution in [-0.4, -0.2) is 37.0 Å². The number of halogens is 1. The van der Waals surface area contributed by atoms with E-state index in [-0.39, 0.29) is 12.3 Å². The SMILES string of the molecule is CCN(CC(=O)NC(=O)Nc1ccccc1)Cc1ccc(OC)c(F)c1. The number of methoxy groups -OCH3 is 1. The minimum atomic E-state index is -0.590. The summed E-state index contributed by atoms with van der Waals surface area (Å²) in [6.45, 7) is 2.86. The molecule has 6 nitrogen and oxygen atoms in total. The molecule has 2 N–H and O–H groups in total. The molecule has 0 aromatic heterocycles. The maximum Gasteiger partial charge on any atom is 0.325 e. The third-order valence-electron chi connectivity index (χ3n) is 3.72. The molecule has 3 amide bonds. The first kappa shape index (κ1) is 19.4. The van der Waals surface area contributed by atoms with Crippen LogP contribution < -0.4 is 15.4 Å². The largest absolute Gasteiger partial charge is 0.494 e. The molecular weight excluding hydrogens is 337 g/mol. The van der Waals surface area contributed by atoms with E-state index >= 15 is 0 Å². The molecule has 0 bridgehead atoms. The average molecular weight is 359 g/mol. The molecule has 0 atom stereocenters. The monoisotopic (exact) mass is 359 g/mol. The Morgan fingerprint density at radius 2 is 1.88 bits per heavy atom. The highest BCUT2D eigenvalue weighted by molar-refractivity contribution is 6.01. The van der Waals surface area contributed by atoms with E-state index in [4.69, 9.17) is 4.74 Å². The van der Waals surface area contributed by atoms with Gasteiger partial charge in [0.25, 0.3) is 0 Å². The zero-order chi connectivity index (χ0) is 18.9. The van der Waals surface area contributed by atoms with E-state index in [1.807, 2.05) is 13.0 Å². The van der Waals surface area contributed by atoms with Crippen molar-refractivity contribution in [2.75, 3.05) is 25.5 Å². The second-order valence-electron chi connectivity index (χ2n) is 5.64. The molecule has 0 unspecified atom stereocenters. The Balaban J connectivity index is 1.87. The van der Waals surface area contributed by atoms with E-state index in [1.165, 1.54) is 13.2 Å². The number of ether oxygens (including phenoxy) is 1. The Hall–Kier alpha value is -2.93. The molecule has 0 saturated heterocycles. The highest BCUT2D eigenvalue weighted by Crippen LogP contribution is 2.18. The highest BCUT2D eigenvalue weighted by Gasteiger charge is 2.14. The minimum absolute atomic E-state index is 0.0202. The standard InChI is InChI=1S/C19H22FN3O3/c1-3-23(12-14-9-10-17(26-2)16(20)11-14)13-18(24)22-19(25)21-15-7-5-4-6-8-15/h4-11H,3,12-13H2,1-2H3,(H2,21,22,24,25). The minimum Gasteiger partial charge on any atom is -0.494 e. The van der Waals surface area contributed by atoms with Gasteiger partial charge in [-0.05, 0) is 36.4 Å². The first-order valence-corrected chi connectivity index (χ1v) is 8.22. The first-order chi connectivity index (χ1) is 12.5. The lowest BCUT2D eigenvalue weighted by atomic mass is 10.2. The first-order valence-electron chi connectivity index (χ1n) is 8.22. The number of hydrogen-bond acceptors (Lipinski definition) is 4. The average Bonchev–Trinajstić information content (AvgIpc) is 2.62. The van der Waals surface area contributed by atoms with Gasteiger partial charge in [0.15, 0.2) is 11.6 Å². The predicted octanol–water partition coefficient (Wildman–Crippen LogP) is 3.00. The molecule has 26 heavy (non-hydrogen) atoms. The quantitative estimate of drug-likeness (QED) is 0.797. The van der Waals surface area contributed by atoms with Gasteiger partial charge < -0.3 is 10.1 Å². The number of nitrogens with one attached hydrogen (secondary N) is 2. The maximum absolute atomic E-state index is 13.8. The molecule has 0 radical (unpaired) electrons. The molecule has 0 aliphatic rings. The van der Waals surface area contributed by atoms with E-state index in [1.54, 1.807) is 41.3 Å². The number of imide groups is 1. The van der Waals surface area contributed by atoms with Gasteiger partial charge in [-0.2, -0.15) is 0 Å². The van der Waals surface area contributed by atoms with Gasteiger partial charge in [0.1, 0.15) is 0 Å². The van der Waals surface area contributed by atoms with E-state index in [2.05, 4.69) is 10.6 Å². The summed E-state index contributed by atoms with van der Waals surface area (Å²) in [4.78, 5) is 25.7. The Morgan fingerprint density at radius 1 is 1.15 bits per heavy atom. The van der Waals surface area contributed by atoms with Crippen LogP contribution in [0.25, 0.3) is 0 Å². The Morgan fingerprint density at radius 3 is 2.50 bits per heavy atom. The third-order valence-corrected chi connectivity index (χ3v) is 3.72. The fourth-order valence-electron chi connectivity index (χ4n) is 2.40. The molecule has 2 rings (SSSR count). The number of amides is 3. The van der Waals surface area contributed by atoms with E-state index in [0.717, 1.165) is 0 Å². The van der Waals surface area contributed by atoms with Gasteiger partial charge in [0.05, 0.1) is 13.7 Å². The van der Waals surface area contributed by atoms with E-state index in [0.29, 0.717) is 24.3 Å². The van der Waals surface area contributed by atoms with Gasteiger partial charge in [0.2, 0.25) is 5.91 Å². The van der Waals surface area contributed by atoms with Gasteiger partial charge >= 0.3 is 6.03 Å². The van der Waals surface area contributed by atoms with Crippen LogP contribution in [0.15, 0.2) is 48.5 Å². The van der Waals surface area contributed by atoms with Crippen LogP contribution in [0.4, 0.5) is 14.9 Å². The molecule has 2 aromatic rings. The smallest absolute Gasteiger partial charge is 0.325 e. The second-order valence-corrected chi connectivity index (χ2v) is 5.64. The van der Waals surface area contributed by atoms with Crippen LogP contribution in [0.1, 0.15) is 12.5 Å². The zero-order valence-electron chi connectivity index (χ0n) is 14.8. The molecule has 0 spiro atoms. The van der Waals surface area contributed by atoms with Crippen molar-refractivity contribution in [3.63, 3.8) is 0 Å². The number of likely N-dealkylation sites (N-methyl/N-ethyl adjacent to an activating group) is 1. The third kappa shape index (κ3) is 5.86. The lowest BCUT2D eigenvalue weighted by molar-refractivity contribution is -0.121. The summed E-state index contributed by atoms with van der Waals surface area (Å²) in [7, 11) is 1.40. The van der Waals surface area contributed by atoms with Crippen LogP contribution in [0.3, 0.4) is 0 Å². The Kier molecular flexibility index (Phi) is 7.11. The fourth-order valence-corrected chi connectivity index (χ4v) is 2.40. The zero-order valence-corrected chi connectivity index (χ0v) is 14.8. The molecular formula is C19H22FN3O3. The van der Waals surface area contributed by atoms with Crippen molar-refractivity contribution in [2.45, 2.75) is 13.5 Å². The maximum atomic E-state index is 13.8. The van der Waals surface area contributed by atoms with Crippen molar-refractivity contribution < 1.29 is 18.7 Å². The van der Waals surface area contributed by atoms with Crippen molar-refractivity contribution in [3.8, 4) is 5.75 Å². The number of carbonyl (C=O) groups is 2. The summed E-state index contributed by atoms with van der Waals surface area (Å²) >= 11 is 0. The van der Waals surface area contributed by atoms with Crippen molar-refractivity contribution >= 4 is 17.6 Å². The van der Waals surface area contributed by atoms with Gasteiger partial charge in [-0.1, -0.05) is 31.2 Å². The lowest BCUT2D eigenvalue weighted by Crippen LogP contribution is -2.41. The van der Waals surface area contributed by atoms with Crippen LogP contribution in [-0.2, 0) is 11.3 Å². The molecule has 7 heteroatoms. The van der Waals surface area contributed by atoms with E-state index < -0.39 is 17.8 Å². The summed E-state index contributed by atoms with van der Waals surface area (Å²) in [6.07, 6.45) is 0. The molecule has 138 valence electrons. The molecule has 0 aliphatic carbocycles. The summed E-state index contributed by atoms with van der Waals surface area (Å²) in [6, 6.07) is 12.9. The van der Waals surface area contributed by atoms with Crippen LogP contribution in [0, 0.1) is 5.82 Å². The summed E-state index contributed by atoms with van der Waals surface area (Å²) in [5.41, 5.74) is 1.31. The number of hydrogen-bond donors (Lipinski definition) is 2. The fraction of sp³-hybridized carbons (Fsp3) is 0.263. The van der Waals surface area contributed by atoms with Crippen LogP contribution >= 0.6 is 0 Å². The van der Waals surface area contributed by atoms with Crippen molar-refractivity contribution in [1.29, 1.82) is 0 Å². The molecule has 0 saturated carbocycles. The normalized spacial score (nSPS) is 10.5. The number of urea groups is 1. The van der Waals surface area contributed by atoms with Crippen molar-refractivity contribution in [2.24, 2.45) is 0 Å². The molecule has 0 fully saturated rings. The molecule has 2 aromatic carbocycles. The van der Waals surface area contributed by atoms with Gasteiger partial charge in [-0.25, -0.2) is 9.18 Å². The number of carbonyl (C=O) groups excluding carboxylic acids is 2. The van der Waals surface area contributed by atoms with Crippen LogP contribution in [0.5, 0.6) is 5.75 Å². The molecule has 0 aliphatic heterocycles. The lowest BCUT2D eigenvalue weighted by Gasteiger charge is -2.20. The highest BCUT2D eigenvalue weighted by atomic mass is 19.1. The Labute approximate surface area is 152 Å². The van der Waals surface area contributed by atoms with Gasteiger partial charge in [0, 0.05) is 12.2 Å². The predicted molar refractivity (Wildman–Crippen MR) is 97.5 cm³/mol. The van der Waals surface area contributed by atoms with Crippen molar-refractivity contribution in [1.82, 2.24) is 10.2 Å². The second kappa shape index (κ2) is 9.53.